The maximum absolute atomic E-state index is 17.0. The number of nitrogens with one attached hydrogen (secondary N) is 1. The quantitative estimate of drug-likeness (QED) is 0.166. The van der Waals surface area contributed by atoms with Gasteiger partial charge in [-0.2, -0.15) is 21.4 Å². The number of hydrogen-bond acceptors (Lipinski definition) is 17. The van der Waals surface area contributed by atoms with Crippen LogP contribution >= 0.6 is 25.2 Å². The molecule has 0 spiro atoms. The number of nitrogens with zero attached hydrogens (tertiary/aromatic N) is 8. The van der Waals surface area contributed by atoms with Gasteiger partial charge in [0, 0.05) is 17.4 Å². The molecule has 3 aliphatic heterocycles. The SMILES string of the molecule is Nc1nc2c(nnn2[C@@]23CS[C@H](COP(O)(=S)O[C@@H]4[C@@H](COP(O)(=S)O2)OC[C@]4(F)n2cnc4c(N)ncnc42)C3)c(=O)[nH]1. The molecule has 2 bridgehead atoms. The van der Waals surface area contributed by atoms with Gasteiger partial charge in [0.25, 0.3) is 5.56 Å². The molecule has 7 N–H and O–H groups in total. The number of alkyl halides is 1. The van der Waals surface area contributed by atoms with E-state index in [0.717, 1.165) is 17.2 Å². The Morgan fingerprint density at radius 3 is 2.75 bits per heavy atom. The van der Waals surface area contributed by atoms with Crippen LogP contribution in [0.2, 0.25) is 0 Å². The Kier molecular flexibility index (Phi) is 7.35. The van der Waals surface area contributed by atoms with Crippen molar-refractivity contribution in [2.24, 2.45) is 0 Å². The molecule has 7 rings (SSSR count). The predicted molar refractivity (Wildman–Crippen MR) is 159 cm³/mol. The maximum atomic E-state index is 17.0. The van der Waals surface area contributed by atoms with Gasteiger partial charge < -0.3 is 35.0 Å². The van der Waals surface area contributed by atoms with E-state index >= 15 is 4.39 Å². The third-order valence-electron chi connectivity index (χ3n) is 7.20. The van der Waals surface area contributed by atoms with Crippen LogP contribution in [0.15, 0.2) is 17.4 Å². The highest BCUT2D eigenvalue weighted by molar-refractivity contribution is 8.07. The van der Waals surface area contributed by atoms with Crippen LogP contribution in [0, 0.1) is 0 Å². The van der Waals surface area contributed by atoms with E-state index in [1.165, 1.54) is 16.4 Å². The number of H-pyrrole nitrogens is 1. The number of aromatic amines is 1. The van der Waals surface area contributed by atoms with Crippen molar-refractivity contribution >= 4 is 82.9 Å². The van der Waals surface area contributed by atoms with Crippen molar-refractivity contribution in [1.82, 2.24) is 44.5 Å². The lowest BCUT2D eigenvalue weighted by atomic mass is 10.1. The number of anilines is 2. The standard InChI is InChI=1S/C19H22FN11O8P2S3/c20-19(30-7-25-10-13(21)23-6-24-14(10)30)4-35-9-3-37-41(34,43)39-18(31-15-11(28-29-31)16(32)27-17(22)26-15)1-8(44-5-18)2-36-40(33,42)38-12(9)19/h6-9,12H,1-5H2,(H,33,42)(H,34,43)(H2,21,23,24)(H3,22,26,27,32)/t8-,9+,12+,18+,19-,40?,41?/m0/s1. The molecule has 7 heterocycles. The molecule has 3 saturated heterocycles. The van der Waals surface area contributed by atoms with Crippen molar-refractivity contribution in [1.29, 1.82) is 0 Å². The first kappa shape index (κ1) is 30.4. The molecule has 3 fully saturated rings. The van der Waals surface area contributed by atoms with Gasteiger partial charge in [0.1, 0.15) is 24.6 Å². The Morgan fingerprint density at radius 1 is 1.14 bits per heavy atom. The Hall–Kier alpha value is -2.27. The van der Waals surface area contributed by atoms with Gasteiger partial charge in [0.15, 0.2) is 34.5 Å². The van der Waals surface area contributed by atoms with E-state index < -0.39 is 61.2 Å². The number of nitrogen functional groups attached to an aromatic ring is 2. The molecular weight excluding hydrogens is 687 g/mol. The lowest BCUT2D eigenvalue weighted by molar-refractivity contribution is -0.0416. The van der Waals surface area contributed by atoms with Gasteiger partial charge in [-0.05, 0) is 23.6 Å². The zero-order valence-electron chi connectivity index (χ0n) is 22.0. The molecule has 3 aliphatic rings. The third kappa shape index (κ3) is 5.13. The summed E-state index contributed by atoms with van der Waals surface area (Å²) in [5.74, 6) is -2.62. The molecule has 0 radical (unpaired) electrons. The van der Waals surface area contributed by atoms with Crippen molar-refractivity contribution in [2.75, 3.05) is 37.0 Å². The van der Waals surface area contributed by atoms with Gasteiger partial charge in [-0.25, -0.2) is 19.3 Å². The summed E-state index contributed by atoms with van der Waals surface area (Å²) in [6.45, 7) is -9.70. The van der Waals surface area contributed by atoms with Crippen LogP contribution in [0.5, 0.6) is 0 Å². The van der Waals surface area contributed by atoms with Crippen LogP contribution in [0.1, 0.15) is 6.42 Å². The first-order valence-corrected chi connectivity index (χ1v) is 18.8. The maximum Gasteiger partial charge on any atom is 0.326 e. The molecule has 25 heteroatoms. The second kappa shape index (κ2) is 10.6. The van der Waals surface area contributed by atoms with Crippen LogP contribution in [0.25, 0.3) is 22.3 Å². The highest BCUT2D eigenvalue weighted by Gasteiger charge is 2.57. The summed E-state index contributed by atoms with van der Waals surface area (Å²) in [5.41, 5.74) is 9.46. The van der Waals surface area contributed by atoms with Crippen molar-refractivity contribution in [3.8, 4) is 0 Å². The third-order valence-corrected chi connectivity index (χ3v) is 11.7. The van der Waals surface area contributed by atoms with Crippen molar-refractivity contribution in [3.05, 3.63) is 23.0 Å². The summed E-state index contributed by atoms with van der Waals surface area (Å²) < 4.78 is 48.1. The average Bonchev–Trinajstić information content (AvgIpc) is 3.72. The van der Waals surface area contributed by atoms with Crippen molar-refractivity contribution in [3.63, 3.8) is 0 Å². The van der Waals surface area contributed by atoms with Gasteiger partial charge >= 0.3 is 13.4 Å². The zero-order chi connectivity index (χ0) is 31.1. The minimum atomic E-state index is -4.18. The van der Waals surface area contributed by atoms with Crippen molar-refractivity contribution < 1.29 is 37.0 Å². The van der Waals surface area contributed by atoms with Crippen LogP contribution in [-0.4, -0.2) is 97.3 Å². The fourth-order valence-corrected chi connectivity index (χ4v) is 9.88. The van der Waals surface area contributed by atoms with E-state index in [4.69, 9.17) is 57.9 Å². The summed E-state index contributed by atoms with van der Waals surface area (Å²) in [4.78, 5) is 53.3. The molecule has 0 aromatic carbocycles. The number of rotatable bonds is 2. The molecule has 0 aliphatic carbocycles. The highest BCUT2D eigenvalue weighted by Crippen LogP contribution is 2.58. The Balaban J connectivity index is 1.26. The number of halogens is 1. The minimum Gasteiger partial charge on any atom is -0.382 e. The summed E-state index contributed by atoms with van der Waals surface area (Å²) in [6, 6.07) is 0. The second-order valence-corrected chi connectivity index (χ2v) is 16.9. The van der Waals surface area contributed by atoms with Gasteiger partial charge in [-0.1, -0.05) is 5.21 Å². The summed E-state index contributed by atoms with van der Waals surface area (Å²) in [5, 5.41) is 7.52. The number of hydrogen-bond donors (Lipinski definition) is 5. The molecule has 0 amide bonds. The molecule has 4 aromatic heterocycles. The second-order valence-electron chi connectivity index (χ2n) is 10.1. The molecule has 7 atom stereocenters. The van der Waals surface area contributed by atoms with Gasteiger partial charge in [0.2, 0.25) is 11.7 Å². The molecule has 19 nitrogen and oxygen atoms in total. The number of fused-ring (bicyclic) bond motifs is 5. The topological polar surface area (TPSA) is 259 Å². The smallest absolute Gasteiger partial charge is 0.326 e. The molecular formula is C19H22FN11O8P2S3. The average molecular weight is 710 g/mol. The lowest BCUT2D eigenvalue weighted by Crippen LogP contribution is -2.45. The van der Waals surface area contributed by atoms with Crippen molar-refractivity contribution in [2.45, 2.75) is 35.4 Å². The first-order chi connectivity index (χ1) is 20.8. The largest absolute Gasteiger partial charge is 0.382 e. The van der Waals surface area contributed by atoms with E-state index in [2.05, 4.69) is 35.2 Å². The monoisotopic (exact) mass is 709 g/mol. The first-order valence-electron chi connectivity index (χ1n) is 12.6. The fraction of sp³-hybridized carbons (Fsp3) is 0.526. The molecule has 236 valence electrons. The Labute approximate surface area is 259 Å². The Bertz CT molecular complexity index is 1950. The van der Waals surface area contributed by atoms with Crippen LogP contribution in [-0.2, 0) is 58.0 Å². The predicted octanol–water partition coefficient (Wildman–Crippen LogP) is -0.420. The van der Waals surface area contributed by atoms with E-state index in [9.17, 15) is 14.6 Å². The summed E-state index contributed by atoms with van der Waals surface area (Å²) in [7, 11) is 0. The molecule has 2 unspecified atom stereocenters. The van der Waals surface area contributed by atoms with Gasteiger partial charge in [-0.15, -0.1) is 5.10 Å². The summed E-state index contributed by atoms with van der Waals surface area (Å²) >= 11 is 12.0. The number of aromatic nitrogens is 9. The summed E-state index contributed by atoms with van der Waals surface area (Å²) in [6.07, 6.45) is -0.605. The normalized spacial score (nSPS) is 36.6. The number of nitrogens with two attached hydrogens (primary N) is 2. The molecule has 44 heavy (non-hydrogen) atoms. The number of imidazole rings is 1. The van der Waals surface area contributed by atoms with E-state index in [-0.39, 0.29) is 52.9 Å². The molecule has 4 aromatic rings. The van der Waals surface area contributed by atoms with Gasteiger partial charge in [-0.3, -0.25) is 23.4 Å². The minimum absolute atomic E-state index is 0.0184. The zero-order valence-corrected chi connectivity index (χ0v) is 26.2. The van der Waals surface area contributed by atoms with Crippen LogP contribution in [0.3, 0.4) is 0 Å². The van der Waals surface area contributed by atoms with E-state index in [0.29, 0.717) is 0 Å². The molecule has 0 saturated carbocycles. The van der Waals surface area contributed by atoms with Crippen LogP contribution in [0.4, 0.5) is 16.2 Å². The Morgan fingerprint density at radius 2 is 1.93 bits per heavy atom. The van der Waals surface area contributed by atoms with Gasteiger partial charge in [0.05, 0.1) is 19.5 Å². The van der Waals surface area contributed by atoms with Crippen LogP contribution < -0.4 is 17.0 Å². The lowest BCUT2D eigenvalue weighted by Gasteiger charge is -2.33. The van der Waals surface area contributed by atoms with E-state index in [1.807, 2.05) is 0 Å². The fourth-order valence-electron chi connectivity index (χ4n) is 5.25. The highest BCUT2D eigenvalue weighted by atomic mass is 32.5. The number of ether oxygens (including phenoxy) is 1. The van der Waals surface area contributed by atoms with E-state index in [1.54, 1.807) is 0 Å². The number of thioether (sulfide) groups is 1.